The number of aromatic nitrogens is 1. The summed E-state index contributed by atoms with van der Waals surface area (Å²) >= 11 is 0. The quantitative estimate of drug-likeness (QED) is 0.698. The maximum Gasteiger partial charge on any atom is 0.410 e. The molecule has 1 N–H and O–H groups in total. The maximum absolute atomic E-state index is 13.2. The Morgan fingerprint density at radius 2 is 1.71 bits per heavy atom. The highest BCUT2D eigenvalue weighted by atomic mass is 16.6. The van der Waals surface area contributed by atoms with Crippen LogP contribution in [-0.4, -0.2) is 49.3 Å². The minimum absolute atomic E-state index is 0.0469. The molecule has 158 valence electrons. The van der Waals surface area contributed by atoms with E-state index in [1.165, 1.54) is 22.3 Å². The Morgan fingerprint density at radius 1 is 1.03 bits per heavy atom. The number of piperazine rings is 1. The summed E-state index contributed by atoms with van der Waals surface area (Å²) in [5.74, 6) is 0.582. The molecule has 1 amide bonds. The fourth-order valence-electron chi connectivity index (χ4n) is 4.71. The lowest BCUT2D eigenvalue weighted by molar-refractivity contribution is 0.0745. The molecule has 2 heterocycles. The number of rotatable bonds is 4. The van der Waals surface area contributed by atoms with Crippen LogP contribution < -0.4 is 10.1 Å². The molecule has 2 aliphatic rings. The molecule has 1 fully saturated rings. The molecular formula is C25H25N3O3. The van der Waals surface area contributed by atoms with E-state index in [0.29, 0.717) is 25.6 Å². The lowest BCUT2D eigenvalue weighted by Crippen LogP contribution is -2.49. The zero-order valence-corrected chi connectivity index (χ0v) is 17.5. The van der Waals surface area contributed by atoms with E-state index in [0.717, 1.165) is 12.1 Å². The van der Waals surface area contributed by atoms with Gasteiger partial charge in [-0.25, -0.2) is 9.78 Å². The standard InChI is InChI=1S/C25H25N3O3/c1-30-24-21(11-6-12-27-24)23-15-26-13-14-28(23)25(29)31-16-22-19-9-4-2-7-17(19)18-8-3-5-10-20(18)22/h2-12,22-23,26H,13-16H2,1H3. The van der Waals surface area contributed by atoms with Crippen molar-refractivity contribution in [2.75, 3.05) is 33.4 Å². The van der Waals surface area contributed by atoms with Crippen LogP contribution in [0.2, 0.25) is 0 Å². The van der Waals surface area contributed by atoms with Gasteiger partial charge >= 0.3 is 6.09 Å². The largest absolute Gasteiger partial charge is 0.481 e. The van der Waals surface area contributed by atoms with Crippen molar-refractivity contribution < 1.29 is 14.3 Å². The zero-order chi connectivity index (χ0) is 21.2. The van der Waals surface area contributed by atoms with Crippen LogP contribution in [-0.2, 0) is 4.74 Å². The van der Waals surface area contributed by atoms with Crippen molar-refractivity contribution in [1.29, 1.82) is 0 Å². The van der Waals surface area contributed by atoms with Gasteiger partial charge in [0, 0.05) is 37.3 Å². The molecule has 5 rings (SSSR count). The molecule has 6 nitrogen and oxygen atoms in total. The van der Waals surface area contributed by atoms with Gasteiger partial charge < -0.3 is 14.8 Å². The number of methoxy groups -OCH3 is 1. The van der Waals surface area contributed by atoms with Gasteiger partial charge in [-0.1, -0.05) is 48.5 Å². The van der Waals surface area contributed by atoms with E-state index in [2.05, 4.69) is 46.7 Å². The second kappa shape index (κ2) is 8.40. The summed E-state index contributed by atoms with van der Waals surface area (Å²) in [5.41, 5.74) is 5.74. The summed E-state index contributed by atoms with van der Waals surface area (Å²) in [6, 6.07) is 20.3. The van der Waals surface area contributed by atoms with Gasteiger partial charge in [-0.2, -0.15) is 0 Å². The SMILES string of the molecule is COc1ncccc1C1CNCCN1C(=O)OCC1c2ccccc2-c2ccccc21. The van der Waals surface area contributed by atoms with Gasteiger partial charge in [0.2, 0.25) is 5.88 Å². The third kappa shape index (κ3) is 3.53. The summed E-state index contributed by atoms with van der Waals surface area (Å²) in [6.07, 6.45) is 1.38. The molecule has 0 saturated carbocycles. The Bertz CT molecular complexity index is 1060. The first-order chi connectivity index (χ1) is 15.3. The summed E-state index contributed by atoms with van der Waals surface area (Å²) in [7, 11) is 1.60. The van der Waals surface area contributed by atoms with E-state index >= 15 is 0 Å². The zero-order valence-electron chi connectivity index (χ0n) is 17.5. The highest BCUT2D eigenvalue weighted by Crippen LogP contribution is 2.44. The first-order valence-corrected chi connectivity index (χ1v) is 10.6. The predicted molar refractivity (Wildman–Crippen MR) is 118 cm³/mol. The summed E-state index contributed by atoms with van der Waals surface area (Å²) < 4.78 is 11.3. The van der Waals surface area contributed by atoms with Gasteiger partial charge in [0.25, 0.3) is 0 Å². The topological polar surface area (TPSA) is 63.7 Å². The van der Waals surface area contributed by atoms with Gasteiger partial charge in [0.05, 0.1) is 13.2 Å². The molecule has 3 aromatic rings. The molecule has 1 unspecified atom stereocenters. The van der Waals surface area contributed by atoms with Gasteiger partial charge in [0.15, 0.2) is 0 Å². The van der Waals surface area contributed by atoms with Gasteiger partial charge in [-0.3, -0.25) is 4.90 Å². The van der Waals surface area contributed by atoms with E-state index < -0.39 is 0 Å². The van der Waals surface area contributed by atoms with Crippen molar-refractivity contribution in [1.82, 2.24) is 15.2 Å². The van der Waals surface area contributed by atoms with Crippen LogP contribution in [0.15, 0.2) is 66.9 Å². The Morgan fingerprint density at radius 3 is 2.42 bits per heavy atom. The van der Waals surface area contributed by atoms with Crippen LogP contribution in [0.25, 0.3) is 11.1 Å². The van der Waals surface area contributed by atoms with Gasteiger partial charge in [-0.15, -0.1) is 0 Å². The average molecular weight is 415 g/mol. The van der Waals surface area contributed by atoms with Crippen LogP contribution in [0, 0.1) is 0 Å². The molecule has 2 aromatic carbocycles. The molecule has 6 heteroatoms. The maximum atomic E-state index is 13.2. The minimum atomic E-state index is -0.306. The fourth-order valence-corrected chi connectivity index (χ4v) is 4.71. The summed E-state index contributed by atoms with van der Waals surface area (Å²) in [4.78, 5) is 19.3. The number of ether oxygens (including phenoxy) is 2. The molecule has 31 heavy (non-hydrogen) atoms. The molecule has 1 atom stereocenters. The molecule has 0 radical (unpaired) electrons. The third-order valence-corrected chi connectivity index (χ3v) is 6.17. The molecule has 1 saturated heterocycles. The number of amides is 1. The molecule has 0 spiro atoms. The van der Waals surface area contributed by atoms with E-state index in [-0.39, 0.29) is 18.1 Å². The second-order valence-electron chi connectivity index (χ2n) is 7.82. The van der Waals surface area contributed by atoms with Crippen molar-refractivity contribution in [2.45, 2.75) is 12.0 Å². The molecule has 1 aliphatic carbocycles. The lowest BCUT2D eigenvalue weighted by Gasteiger charge is -2.36. The Balaban J connectivity index is 1.36. The lowest BCUT2D eigenvalue weighted by atomic mass is 9.98. The van der Waals surface area contributed by atoms with E-state index in [4.69, 9.17) is 9.47 Å². The minimum Gasteiger partial charge on any atom is -0.481 e. The van der Waals surface area contributed by atoms with Gasteiger partial charge in [-0.05, 0) is 34.4 Å². The number of nitrogens with one attached hydrogen (secondary N) is 1. The van der Waals surface area contributed by atoms with Crippen molar-refractivity contribution in [3.05, 3.63) is 83.6 Å². The van der Waals surface area contributed by atoms with Crippen LogP contribution >= 0.6 is 0 Å². The normalized spacial score (nSPS) is 17.7. The number of benzene rings is 2. The highest BCUT2D eigenvalue weighted by molar-refractivity contribution is 5.79. The van der Waals surface area contributed by atoms with Crippen molar-refractivity contribution in [3.63, 3.8) is 0 Å². The summed E-state index contributed by atoms with van der Waals surface area (Å²) in [5, 5.41) is 3.36. The fraction of sp³-hybridized carbons (Fsp3) is 0.280. The second-order valence-corrected chi connectivity index (χ2v) is 7.82. The van der Waals surface area contributed by atoms with Gasteiger partial charge in [0.1, 0.15) is 6.61 Å². The molecular weight excluding hydrogens is 390 g/mol. The number of nitrogens with zero attached hydrogens (tertiary/aromatic N) is 2. The number of hydrogen-bond donors (Lipinski definition) is 1. The van der Waals surface area contributed by atoms with Crippen LogP contribution in [0.4, 0.5) is 4.79 Å². The van der Waals surface area contributed by atoms with E-state index in [1.807, 2.05) is 24.3 Å². The first-order valence-electron chi connectivity index (χ1n) is 10.6. The van der Waals surface area contributed by atoms with Crippen LogP contribution in [0.5, 0.6) is 5.88 Å². The van der Waals surface area contributed by atoms with Crippen molar-refractivity contribution in [3.8, 4) is 17.0 Å². The van der Waals surface area contributed by atoms with E-state index in [9.17, 15) is 4.79 Å². The Labute approximate surface area is 181 Å². The first kappa shape index (κ1) is 19.6. The van der Waals surface area contributed by atoms with Crippen LogP contribution in [0.3, 0.4) is 0 Å². The monoisotopic (exact) mass is 415 g/mol. The smallest absolute Gasteiger partial charge is 0.410 e. The molecule has 0 bridgehead atoms. The number of hydrogen-bond acceptors (Lipinski definition) is 5. The molecule has 1 aromatic heterocycles. The molecule has 1 aliphatic heterocycles. The average Bonchev–Trinajstić information content (AvgIpc) is 3.16. The van der Waals surface area contributed by atoms with E-state index in [1.54, 1.807) is 18.2 Å². The van der Waals surface area contributed by atoms with Crippen molar-refractivity contribution in [2.24, 2.45) is 0 Å². The number of fused-ring (bicyclic) bond motifs is 3. The van der Waals surface area contributed by atoms with Crippen LogP contribution in [0.1, 0.15) is 28.7 Å². The summed E-state index contributed by atoms with van der Waals surface area (Å²) in [6.45, 7) is 2.24. The predicted octanol–water partition coefficient (Wildman–Crippen LogP) is 3.99. The third-order valence-electron chi connectivity index (χ3n) is 6.17. The Hall–Kier alpha value is -3.38. The number of carbonyl (C=O) groups is 1. The van der Waals surface area contributed by atoms with Crippen molar-refractivity contribution >= 4 is 6.09 Å². The highest BCUT2D eigenvalue weighted by Gasteiger charge is 2.33. The number of carbonyl (C=O) groups excluding carboxylic acids is 1. The Kier molecular flexibility index (Phi) is 5.30. The number of pyridine rings is 1.